The highest BCUT2D eigenvalue weighted by Gasteiger charge is 2.23. The summed E-state index contributed by atoms with van der Waals surface area (Å²) in [7, 11) is 0. The lowest BCUT2D eigenvalue weighted by Gasteiger charge is -2.16. The van der Waals surface area contributed by atoms with Gasteiger partial charge in [-0.2, -0.15) is 0 Å². The van der Waals surface area contributed by atoms with Crippen molar-refractivity contribution >= 4 is 51.6 Å². The van der Waals surface area contributed by atoms with Gasteiger partial charge < -0.3 is 20.4 Å². The number of hydrogen-bond acceptors (Lipinski definition) is 5. The van der Waals surface area contributed by atoms with E-state index in [0.29, 0.717) is 24.8 Å². The van der Waals surface area contributed by atoms with Gasteiger partial charge in [-0.05, 0) is 60.7 Å². The van der Waals surface area contributed by atoms with Crippen LogP contribution in [0, 0.1) is 5.41 Å². The van der Waals surface area contributed by atoms with Crippen molar-refractivity contribution in [1.29, 1.82) is 5.41 Å². The van der Waals surface area contributed by atoms with Crippen LogP contribution in [0.1, 0.15) is 19.3 Å². The second-order valence-electron chi connectivity index (χ2n) is 8.21. The zero-order valence-electron chi connectivity index (χ0n) is 18.2. The van der Waals surface area contributed by atoms with Crippen LogP contribution in [-0.2, 0) is 0 Å². The maximum absolute atomic E-state index is 7.36. The number of rotatable bonds is 10. The number of ether oxygens (including phenoxy) is 1. The number of pyridine rings is 1. The second-order valence-corrected chi connectivity index (χ2v) is 10.0. The lowest BCUT2D eigenvalue weighted by Crippen LogP contribution is -2.30. The van der Waals surface area contributed by atoms with Gasteiger partial charge in [0.1, 0.15) is 11.4 Å². The van der Waals surface area contributed by atoms with Gasteiger partial charge in [0.25, 0.3) is 0 Å². The molecule has 4 N–H and O–H groups in total. The summed E-state index contributed by atoms with van der Waals surface area (Å²) >= 11 is 8.28. The number of benzene rings is 2. The minimum Gasteiger partial charge on any atom is -0.491 e. The van der Waals surface area contributed by atoms with Crippen molar-refractivity contribution in [2.24, 2.45) is 5.73 Å². The van der Waals surface area contributed by atoms with Crippen molar-refractivity contribution < 1.29 is 4.74 Å². The summed E-state index contributed by atoms with van der Waals surface area (Å²) in [6, 6.07) is 14.8. The number of nitrogens with two attached hydrogens (primary N) is 1. The largest absolute Gasteiger partial charge is 0.491 e. The fourth-order valence-corrected chi connectivity index (χ4v) is 5.24. The third kappa shape index (κ3) is 4.81. The van der Waals surface area contributed by atoms with Crippen LogP contribution in [0.25, 0.3) is 33.1 Å². The van der Waals surface area contributed by atoms with Gasteiger partial charge in [-0.3, -0.25) is 5.41 Å². The molecule has 5 rings (SSSR count). The van der Waals surface area contributed by atoms with Gasteiger partial charge in [-0.1, -0.05) is 23.7 Å². The van der Waals surface area contributed by atoms with Crippen molar-refractivity contribution in [2.75, 3.05) is 19.8 Å². The van der Waals surface area contributed by atoms with Crippen molar-refractivity contribution in [1.82, 2.24) is 14.9 Å². The molecule has 0 unspecified atom stereocenters. The van der Waals surface area contributed by atoms with Gasteiger partial charge >= 0.3 is 0 Å². The molecular weight excluding hydrogens is 454 g/mol. The minimum absolute atomic E-state index is 0.328. The molecule has 1 fully saturated rings. The molecule has 1 saturated carbocycles. The number of H-pyrrole nitrogens is 1. The molecule has 8 heteroatoms. The predicted molar refractivity (Wildman–Crippen MR) is 138 cm³/mol. The van der Waals surface area contributed by atoms with Crippen LogP contribution in [-0.4, -0.2) is 46.3 Å². The molecule has 170 valence electrons. The summed E-state index contributed by atoms with van der Waals surface area (Å²) in [5.74, 6) is 0.778. The molecule has 0 atom stereocenters. The molecule has 4 aromatic rings. The summed E-state index contributed by atoms with van der Waals surface area (Å²) in [5.41, 5.74) is 9.63. The Kier molecular flexibility index (Phi) is 6.44. The first kappa shape index (κ1) is 22.1. The Bertz CT molecular complexity index is 1300. The van der Waals surface area contributed by atoms with E-state index in [4.69, 9.17) is 27.5 Å². The van der Waals surface area contributed by atoms with E-state index in [0.717, 1.165) is 44.9 Å². The van der Waals surface area contributed by atoms with Gasteiger partial charge in [0.05, 0.1) is 30.2 Å². The Morgan fingerprint density at radius 1 is 1.27 bits per heavy atom. The van der Waals surface area contributed by atoms with Crippen LogP contribution in [0.4, 0.5) is 0 Å². The van der Waals surface area contributed by atoms with E-state index in [1.54, 1.807) is 11.1 Å². The lowest BCUT2D eigenvalue weighted by molar-refractivity contribution is 0.291. The molecule has 0 amide bonds. The maximum Gasteiger partial charge on any atom is 0.143 e. The van der Waals surface area contributed by atoms with Crippen LogP contribution in [0.2, 0.25) is 5.02 Å². The molecular formula is C25H26ClN5OS. The number of thioether (sulfide) groups is 1. The van der Waals surface area contributed by atoms with E-state index in [1.165, 1.54) is 29.6 Å². The van der Waals surface area contributed by atoms with Crippen molar-refractivity contribution in [3.63, 3.8) is 0 Å². The van der Waals surface area contributed by atoms with Crippen molar-refractivity contribution in [2.45, 2.75) is 29.4 Å². The fraction of sp³-hybridized carbons (Fsp3) is 0.280. The molecule has 1 aliphatic rings. The molecule has 2 heterocycles. The molecule has 0 radical (unpaired) electrons. The molecule has 2 aromatic carbocycles. The Balaban J connectivity index is 1.52. The quantitative estimate of drug-likeness (QED) is 0.114. The molecule has 6 nitrogen and oxygen atoms in total. The predicted octanol–water partition coefficient (Wildman–Crippen LogP) is 5.89. The number of hydrogen-bond donors (Lipinski definition) is 3. The maximum atomic E-state index is 7.36. The second kappa shape index (κ2) is 9.63. The normalized spacial score (nSPS) is 13.5. The van der Waals surface area contributed by atoms with Gasteiger partial charge in [0.15, 0.2) is 0 Å². The summed E-state index contributed by atoms with van der Waals surface area (Å²) in [5, 5.41) is 10.8. The minimum atomic E-state index is 0.328. The number of fused-ring (bicyclic) bond motifs is 3. The van der Waals surface area contributed by atoms with Crippen LogP contribution in [0.5, 0.6) is 5.75 Å². The Labute approximate surface area is 202 Å². The topological polar surface area (TPSA) is 91.0 Å². The number of halogens is 1. The van der Waals surface area contributed by atoms with E-state index in [2.05, 4.69) is 40.3 Å². The highest BCUT2D eigenvalue weighted by Crippen LogP contribution is 2.43. The highest BCUT2D eigenvalue weighted by atomic mass is 35.5. The molecule has 33 heavy (non-hydrogen) atoms. The zero-order chi connectivity index (χ0) is 22.8. The summed E-state index contributed by atoms with van der Waals surface area (Å²) in [4.78, 5) is 11.0. The van der Waals surface area contributed by atoms with E-state index in [-0.39, 0.29) is 0 Å². The van der Waals surface area contributed by atoms with Gasteiger partial charge in [0.2, 0.25) is 0 Å². The summed E-state index contributed by atoms with van der Waals surface area (Å²) < 4.78 is 6.16. The van der Waals surface area contributed by atoms with Crippen LogP contribution < -0.4 is 10.5 Å². The molecule has 0 bridgehead atoms. The lowest BCUT2D eigenvalue weighted by atomic mass is 9.99. The number of nitrogens with one attached hydrogen (secondary N) is 2. The van der Waals surface area contributed by atoms with Crippen LogP contribution >= 0.6 is 23.4 Å². The van der Waals surface area contributed by atoms with Gasteiger partial charge in [-0.25, -0.2) is 4.98 Å². The Hall–Kier alpha value is -2.74. The number of aromatic nitrogens is 2. The molecule has 0 spiro atoms. The van der Waals surface area contributed by atoms with E-state index in [1.807, 2.05) is 23.9 Å². The summed E-state index contributed by atoms with van der Waals surface area (Å²) in [6.45, 7) is 1.53. The first-order chi connectivity index (χ1) is 16.2. The van der Waals surface area contributed by atoms with Crippen LogP contribution in [0.15, 0.2) is 53.6 Å². The van der Waals surface area contributed by atoms with Gasteiger partial charge in [0, 0.05) is 33.7 Å². The van der Waals surface area contributed by atoms with E-state index < -0.39 is 0 Å². The first-order valence-electron chi connectivity index (χ1n) is 11.1. The molecule has 0 aliphatic heterocycles. The molecule has 2 aromatic heterocycles. The van der Waals surface area contributed by atoms with Gasteiger partial charge in [-0.15, -0.1) is 11.8 Å². The Morgan fingerprint density at radius 3 is 2.94 bits per heavy atom. The average Bonchev–Trinajstić information content (AvgIpc) is 3.57. The average molecular weight is 480 g/mol. The van der Waals surface area contributed by atoms with E-state index >= 15 is 0 Å². The smallest absolute Gasteiger partial charge is 0.143 e. The fourth-order valence-electron chi connectivity index (χ4n) is 3.97. The van der Waals surface area contributed by atoms with Crippen LogP contribution in [0.3, 0.4) is 0 Å². The third-order valence-electron chi connectivity index (χ3n) is 5.77. The SMILES string of the molecule is N=CN(CN)CCCOc1ccc(-c2cccc(SC3CC3)c2)c2c1[nH]c1ncc(Cl)cc12. The monoisotopic (exact) mass is 479 g/mol. The number of aromatic amines is 1. The van der Waals surface area contributed by atoms with Crippen molar-refractivity contribution in [3.8, 4) is 16.9 Å². The summed E-state index contributed by atoms with van der Waals surface area (Å²) in [6.07, 6.45) is 6.29. The molecule has 0 saturated heterocycles. The van der Waals surface area contributed by atoms with Crippen molar-refractivity contribution in [3.05, 3.63) is 53.7 Å². The Morgan fingerprint density at radius 2 is 2.15 bits per heavy atom. The number of nitrogens with zero attached hydrogens (tertiary/aromatic N) is 2. The third-order valence-corrected chi connectivity index (χ3v) is 7.31. The highest BCUT2D eigenvalue weighted by molar-refractivity contribution is 8.00. The van der Waals surface area contributed by atoms with E-state index in [9.17, 15) is 0 Å². The zero-order valence-corrected chi connectivity index (χ0v) is 19.8. The first-order valence-corrected chi connectivity index (χ1v) is 12.4. The molecule has 1 aliphatic carbocycles. The standard InChI is InChI=1S/C25H26ClN5OS/c26-17-12-21-23-20(16-3-1-4-19(11-16)33-18-5-6-18)7-8-22(24(23)30-25(21)29-13-17)32-10-2-9-31(14-27)15-28/h1,3-4,7-8,11-14,18,27H,2,5-6,9-10,15,28H2,(H,29,30).